The van der Waals surface area contributed by atoms with Crippen LogP contribution in [-0.2, 0) is 9.59 Å². The fourth-order valence-electron chi connectivity index (χ4n) is 4.91. The Labute approximate surface area is 123 Å². The Morgan fingerprint density at radius 2 is 1.43 bits per heavy atom. The second-order valence-corrected chi connectivity index (χ2v) is 7.00. The van der Waals surface area contributed by atoms with Gasteiger partial charge >= 0.3 is 0 Å². The van der Waals surface area contributed by atoms with Gasteiger partial charge in [-0.05, 0) is 49.1 Å². The predicted octanol–water partition coefficient (Wildman–Crippen LogP) is 2.55. The van der Waals surface area contributed by atoms with Gasteiger partial charge in [-0.2, -0.15) is 0 Å². The second kappa shape index (κ2) is 3.65. The number of rotatable bonds is 1. The zero-order valence-electron chi connectivity index (χ0n) is 11.9. The number of hydrogen-bond acceptors (Lipinski definition) is 2. The van der Waals surface area contributed by atoms with Crippen molar-refractivity contribution in [1.82, 2.24) is 0 Å². The highest BCUT2D eigenvalue weighted by Gasteiger charge is 2.67. The number of benzene rings is 1. The summed E-state index contributed by atoms with van der Waals surface area (Å²) in [6, 6.07) is 7.70. The molecule has 1 heterocycles. The van der Waals surface area contributed by atoms with Crippen molar-refractivity contribution in [3.05, 3.63) is 42.0 Å². The summed E-state index contributed by atoms with van der Waals surface area (Å²) in [5.41, 5.74) is 1.87. The van der Waals surface area contributed by atoms with Gasteiger partial charge in [0.2, 0.25) is 11.8 Å². The first kappa shape index (κ1) is 11.7. The Balaban J connectivity index is 1.58. The normalized spacial score (nSPS) is 42.2. The molecule has 1 aliphatic heterocycles. The minimum Gasteiger partial charge on any atom is -0.274 e. The lowest BCUT2D eigenvalue weighted by Gasteiger charge is -2.37. The van der Waals surface area contributed by atoms with Crippen molar-refractivity contribution < 1.29 is 9.59 Å². The van der Waals surface area contributed by atoms with Crippen LogP contribution in [0, 0.1) is 42.4 Å². The van der Waals surface area contributed by atoms with Crippen LogP contribution < -0.4 is 4.90 Å². The van der Waals surface area contributed by atoms with E-state index in [0.717, 1.165) is 11.3 Å². The van der Waals surface area contributed by atoms with Crippen LogP contribution in [0.4, 0.5) is 5.69 Å². The first-order valence-corrected chi connectivity index (χ1v) is 7.79. The Bertz CT molecular complexity index is 654. The summed E-state index contributed by atoms with van der Waals surface area (Å²) in [7, 11) is 0. The molecule has 6 atom stereocenters. The molecule has 6 rings (SSSR count). The highest BCUT2D eigenvalue weighted by atomic mass is 16.2. The molecule has 2 saturated carbocycles. The SMILES string of the molecule is Cc1ccc(N2C(=O)[C@@H]3[C@@H]4C=C[C@H]([C@H]5C[C@H]45)[C@@H]3C2=O)cc1. The van der Waals surface area contributed by atoms with Crippen LogP contribution in [-0.4, -0.2) is 11.8 Å². The maximum Gasteiger partial charge on any atom is 0.238 e. The molecule has 0 unspecified atom stereocenters. The van der Waals surface area contributed by atoms with Crippen molar-refractivity contribution in [2.45, 2.75) is 13.3 Å². The third-order valence-electron chi connectivity index (χ3n) is 5.95. The van der Waals surface area contributed by atoms with Crippen LogP contribution in [0.5, 0.6) is 0 Å². The van der Waals surface area contributed by atoms with Gasteiger partial charge in [-0.15, -0.1) is 0 Å². The van der Waals surface area contributed by atoms with Crippen LogP contribution in [0.15, 0.2) is 36.4 Å². The van der Waals surface area contributed by atoms with E-state index in [1.807, 2.05) is 31.2 Å². The topological polar surface area (TPSA) is 37.4 Å². The van der Waals surface area contributed by atoms with Crippen LogP contribution in [0.3, 0.4) is 0 Å². The Morgan fingerprint density at radius 1 is 0.905 bits per heavy atom. The molecule has 5 aliphatic rings. The van der Waals surface area contributed by atoms with E-state index in [4.69, 9.17) is 0 Å². The average molecular weight is 279 g/mol. The van der Waals surface area contributed by atoms with Gasteiger partial charge in [-0.1, -0.05) is 29.8 Å². The maximum atomic E-state index is 12.9. The molecule has 3 heteroatoms. The second-order valence-electron chi connectivity index (χ2n) is 7.00. The number of nitrogens with zero attached hydrogens (tertiary/aromatic N) is 1. The first-order valence-electron chi connectivity index (χ1n) is 7.79. The molecule has 3 nitrogen and oxygen atoms in total. The summed E-state index contributed by atoms with van der Waals surface area (Å²) in [4.78, 5) is 27.2. The molecule has 0 N–H and O–H groups in total. The fraction of sp³-hybridized carbons (Fsp3) is 0.444. The van der Waals surface area contributed by atoms with Crippen molar-refractivity contribution in [3.8, 4) is 0 Å². The molecule has 1 aromatic rings. The van der Waals surface area contributed by atoms with E-state index in [1.54, 1.807) is 0 Å². The monoisotopic (exact) mass is 279 g/mol. The number of aryl methyl sites for hydroxylation is 1. The molecule has 2 amide bonds. The molecule has 0 radical (unpaired) electrons. The smallest absolute Gasteiger partial charge is 0.238 e. The highest BCUT2D eigenvalue weighted by Crippen LogP contribution is 2.65. The third-order valence-corrected chi connectivity index (χ3v) is 5.95. The third kappa shape index (κ3) is 1.34. The van der Waals surface area contributed by atoms with E-state index in [1.165, 1.54) is 11.3 Å². The Morgan fingerprint density at radius 3 is 1.95 bits per heavy atom. The van der Waals surface area contributed by atoms with Crippen molar-refractivity contribution >= 4 is 17.5 Å². The van der Waals surface area contributed by atoms with E-state index in [9.17, 15) is 9.59 Å². The molecule has 1 aromatic carbocycles. The minimum atomic E-state index is -0.0995. The maximum absolute atomic E-state index is 12.9. The van der Waals surface area contributed by atoms with Crippen LogP contribution in [0.2, 0.25) is 0 Å². The average Bonchev–Trinajstić information content (AvgIpc) is 3.26. The molecule has 4 aliphatic carbocycles. The van der Waals surface area contributed by atoms with Gasteiger partial charge in [-0.25, -0.2) is 0 Å². The molecule has 1 saturated heterocycles. The highest BCUT2D eigenvalue weighted by molar-refractivity contribution is 6.22. The molecule has 0 aromatic heterocycles. The van der Waals surface area contributed by atoms with Gasteiger partial charge in [0, 0.05) is 0 Å². The van der Waals surface area contributed by atoms with Crippen molar-refractivity contribution in [2.24, 2.45) is 35.5 Å². The summed E-state index contributed by atoms with van der Waals surface area (Å²) < 4.78 is 0. The largest absolute Gasteiger partial charge is 0.274 e. The Kier molecular flexibility index (Phi) is 2.04. The van der Waals surface area contributed by atoms with Gasteiger partial charge in [0.05, 0.1) is 17.5 Å². The van der Waals surface area contributed by atoms with E-state index >= 15 is 0 Å². The lowest BCUT2D eigenvalue weighted by atomic mass is 9.63. The van der Waals surface area contributed by atoms with E-state index in [0.29, 0.717) is 23.7 Å². The van der Waals surface area contributed by atoms with E-state index in [2.05, 4.69) is 12.2 Å². The van der Waals surface area contributed by atoms with Crippen molar-refractivity contribution in [2.75, 3.05) is 4.90 Å². The van der Waals surface area contributed by atoms with Gasteiger partial charge < -0.3 is 0 Å². The molecule has 0 spiro atoms. The summed E-state index contributed by atoms with van der Waals surface area (Å²) in [5.74, 6) is 1.79. The number of allylic oxidation sites excluding steroid dienone is 2. The summed E-state index contributed by atoms with van der Waals surface area (Å²) >= 11 is 0. The van der Waals surface area contributed by atoms with Crippen LogP contribution in [0.1, 0.15) is 12.0 Å². The summed E-state index contributed by atoms with van der Waals surface area (Å²) in [6.45, 7) is 2.01. The summed E-state index contributed by atoms with van der Waals surface area (Å²) in [6.07, 6.45) is 5.63. The fourth-order valence-corrected chi connectivity index (χ4v) is 4.91. The molecular weight excluding hydrogens is 262 g/mol. The number of amides is 2. The van der Waals surface area contributed by atoms with Crippen molar-refractivity contribution in [3.63, 3.8) is 0 Å². The number of anilines is 1. The van der Waals surface area contributed by atoms with Gasteiger partial charge in [0.15, 0.2) is 0 Å². The molecule has 3 fully saturated rings. The van der Waals surface area contributed by atoms with Crippen molar-refractivity contribution in [1.29, 1.82) is 0 Å². The quantitative estimate of drug-likeness (QED) is 0.585. The van der Waals surface area contributed by atoms with Gasteiger partial charge in [0.25, 0.3) is 0 Å². The molecule has 106 valence electrons. The first-order chi connectivity index (χ1) is 10.2. The van der Waals surface area contributed by atoms with Gasteiger partial charge in [-0.3, -0.25) is 14.5 Å². The molecule has 2 bridgehead atoms. The zero-order chi connectivity index (χ0) is 14.3. The van der Waals surface area contributed by atoms with Crippen LogP contribution >= 0.6 is 0 Å². The predicted molar refractivity (Wildman–Crippen MR) is 78.4 cm³/mol. The minimum absolute atomic E-state index is 0.0264. The lowest BCUT2D eigenvalue weighted by molar-refractivity contribution is -0.124. The number of hydrogen-bond donors (Lipinski definition) is 0. The van der Waals surface area contributed by atoms with E-state index in [-0.39, 0.29) is 23.7 Å². The lowest BCUT2D eigenvalue weighted by Crippen LogP contribution is -2.40. The zero-order valence-corrected chi connectivity index (χ0v) is 11.9. The van der Waals surface area contributed by atoms with E-state index < -0.39 is 0 Å². The standard InChI is InChI=1S/C18H17NO2/c1-9-2-4-10(5-3-9)19-17(20)15-11-6-7-12(14-8-13(11)14)16(15)18(19)21/h2-7,11-16H,8H2,1H3/t11-,12-,13-,14-,15-,16+/m1/s1. The Hall–Kier alpha value is -1.90. The number of carbonyl (C=O) groups excluding carboxylic acids is 2. The number of imide groups is 1. The van der Waals surface area contributed by atoms with Crippen LogP contribution in [0.25, 0.3) is 0 Å². The van der Waals surface area contributed by atoms with Gasteiger partial charge in [0.1, 0.15) is 0 Å². The number of carbonyl (C=O) groups is 2. The summed E-state index contributed by atoms with van der Waals surface area (Å²) in [5, 5.41) is 0. The molecule has 21 heavy (non-hydrogen) atoms. The molecular formula is C18H17NO2.